The Labute approximate surface area is 156 Å². The van der Waals surface area contributed by atoms with E-state index in [2.05, 4.69) is 9.97 Å². The van der Waals surface area contributed by atoms with Crippen LogP contribution >= 0.6 is 23.2 Å². The third-order valence-corrected chi connectivity index (χ3v) is 4.22. The van der Waals surface area contributed by atoms with Crippen molar-refractivity contribution >= 4 is 34.1 Å². The normalized spacial score (nSPS) is 10.8. The number of nitrogens with zero attached hydrogens (tertiary/aromatic N) is 2. The van der Waals surface area contributed by atoms with Gasteiger partial charge in [-0.15, -0.1) is 0 Å². The molecule has 3 aromatic rings. The number of ether oxygens (including phenoxy) is 2. The summed E-state index contributed by atoms with van der Waals surface area (Å²) in [6.45, 7) is 3.06. The van der Waals surface area contributed by atoms with Gasteiger partial charge in [0.05, 0.1) is 29.1 Å². The summed E-state index contributed by atoms with van der Waals surface area (Å²) < 4.78 is 11.6. The summed E-state index contributed by atoms with van der Waals surface area (Å²) >= 11 is 12.1. The Kier molecular flexibility index (Phi) is 5.95. The number of unbranched alkanes of at least 4 members (excludes halogenated alkanes) is 1. The Morgan fingerprint density at radius 3 is 2.52 bits per heavy atom. The van der Waals surface area contributed by atoms with Gasteiger partial charge in [0, 0.05) is 5.02 Å². The average molecular weight is 377 g/mol. The smallest absolute Gasteiger partial charge is 0.224 e. The fraction of sp³-hybridized carbons (Fsp3) is 0.263. The maximum Gasteiger partial charge on any atom is 0.224 e. The molecule has 0 bridgehead atoms. The monoisotopic (exact) mass is 376 g/mol. The first kappa shape index (κ1) is 17.8. The first-order valence-electron chi connectivity index (χ1n) is 8.06. The van der Waals surface area contributed by atoms with E-state index in [1.54, 1.807) is 6.07 Å². The fourth-order valence-electron chi connectivity index (χ4n) is 2.51. The topological polar surface area (TPSA) is 44.2 Å². The first-order chi connectivity index (χ1) is 12.1. The van der Waals surface area contributed by atoms with E-state index < -0.39 is 0 Å². The molecule has 0 fully saturated rings. The predicted molar refractivity (Wildman–Crippen MR) is 101 cm³/mol. The van der Waals surface area contributed by atoms with Crippen molar-refractivity contribution in [1.82, 2.24) is 9.97 Å². The molecule has 0 atom stereocenters. The molecule has 0 unspecified atom stereocenters. The number of halogens is 2. The van der Waals surface area contributed by atoms with Crippen LogP contribution in [0.15, 0.2) is 42.7 Å². The van der Waals surface area contributed by atoms with Gasteiger partial charge in [0.25, 0.3) is 0 Å². The van der Waals surface area contributed by atoms with Crippen molar-refractivity contribution in [2.24, 2.45) is 0 Å². The van der Waals surface area contributed by atoms with Crippen LogP contribution in [0.4, 0.5) is 0 Å². The maximum absolute atomic E-state index is 6.16. The summed E-state index contributed by atoms with van der Waals surface area (Å²) in [6.07, 6.45) is 3.22. The number of hydrogen-bond acceptors (Lipinski definition) is 4. The second kappa shape index (κ2) is 8.37. The van der Waals surface area contributed by atoms with E-state index in [0.29, 0.717) is 34.9 Å². The number of benzene rings is 2. The minimum atomic E-state index is 0.536. The summed E-state index contributed by atoms with van der Waals surface area (Å²) in [5.41, 5.74) is 1.81. The van der Waals surface area contributed by atoms with Crippen molar-refractivity contribution in [2.75, 3.05) is 13.2 Å². The summed E-state index contributed by atoms with van der Waals surface area (Å²) in [5.74, 6) is 1.30. The Morgan fingerprint density at radius 2 is 1.72 bits per heavy atom. The summed E-state index contributed by atoms with van der Waals surface area (Å²) in [7, 11) is 0. The molecular weight excluding hydrogens is 359 g/mol. The van der Waals surface area contributed by atoms with Gasteiger partial charge in [0.2, 0.25) is 5.88 Å². The first-order valence-corrected chi connectivity index (χ1v) is 8.82. The van der Waals surface area contributed by atoms with Crippen LogP contribution in [-0.2, 0) is 0 Å². The molecule has 0 N–H and O–H groups in total. The molecule has 0 amide bonds. The summed E-state index contributed by atoms with van der Waals surface area (Å²) in [4.78, 5) is 8.43. The lowest BCUT2D eigenvalue weighted by molar-refractivity contribution is 0.262. The molecule has 0 saturated heterocycles. The molecule has 4 nitrogen and oxygen atoms in total. The van der Waals surface area contributed by atoms with Gasteiger partial charge in [-0.25, -0.2) is 9.97 Å². The van der Waals surface area contributed by atoms with Gasteiger partial charge in [-0.2, -0.15) is 0 Å². The zero-order chi connectivity index (χ0) is 17.6. The van der Waals surface area contributed by atoms with Gasteiger partial charge in [-0.3, -0.25) is 0 Å². The Balaban J connectivity index is 1.46. The summed E-state index contributed by atoms with van der Waals surface area (Å²) in [5, 5.41) is 2.07. The largest absolute Gasteiger partial charge is 0.492 e. The number of aromatic nitrogens is 2. The Bertz CT molecular complexity index is 843. The molecule has 1 aromatic heterocycles. The van der Waals surface area contributed by atoms with Crippen LogP contribution in [0.5, 0.6) is 11.6 Å². The highest BCUT2D eigenvalue weighted by atomic mass is 35.5. The molecule has 0 radical (unpaired) electrons. The van der Waals surface area contributed by atoms with Gasteiger partial charge in [0.15, 0.2) is 0 Å². The number of para-hydroxylation sites is 1. The van der Waals surface area contributed by atoms with E-state index in [0.717, 1.165) is 29.3 Å². The third kappa shape index (κ3) is 4.53. The molecule has 0 aliphatic carbocycles. The zero-order valence-electron chi connectivity index (χ0n) is 13.8. The van der Waals surface area contributed by atoms with Crippen molar-refractivity contribution < 1.29 is 9.47 Å². The quantitative estimate of drug-likeness (QED) is 0.511. The molecule has 0 spiro atoms. The average Bonchev–Trinajstić information content (AvgIpc) is 2.59. The van der Waals surface area contributed by atoms with Crippen LogP contribution in [-0.4, -0.2) is 23.2 Å². The molecule has 6 heteroatoms. The molecule has 0 aliphatic heterocycles. The van der Waals surface area contributed by atoms with Crippen LogP contribution in [0.3, 0.4) is 0 Å². The lowest BCUT2D eigenvalue weighted by atomic mass is 10.2. The molecule has 1 heterocycles. The van der Waals surface area contributed by atoms with Gasteiger partial charge < -0.3 is 9.47 Å². The maximum atomic E-state index is 6.16. The lowest BCUT2D eigenvalue weighted by Gasteiger charge is -2.12. The van der Waals surface area contributed by atoms with Crippen LogP contribution in [0.2, 0.25) is 10.0 Å². The van der Waals surface area contributed by atoms with Gasteiger partial charge in [-0.05, 0) is 49.6 Å². The standard InChI is InChI=1S/C19H18Cl2N2O2/c1-13-10-14(20)11-16(21)18(13)24-8-4-5-9-25-19-15-6-2-3-7-17(15)22-12-23-19/h2-3,6-7,10-12H,4-5,8-9H2,1H3. The lowest BCUT2D eigenvalue weighted by Crippen LogP contribution is -2.04. The molecule has 3 rings (SSSR count). The predicted octanol–water partition coefficient (Wildman–Crippen LogP) is 5.48. The summed E-state index contributed by atoms with van der Waals surface area (Å²) in [6, 6.07) is 11.3. The SMILES string of the molecule is Cc1cc(Cl)cc(Cl)c1OCCCCOc1ncnc2ccccc12. The minimum absolute atomic E-state index is 0.536. The second-order valence-electron chi connectivity index (χ2n) is 5.63. The number of hydrogen-bond donors (Lipinski definition) is 0. The van der Waals surface area contributed by atoms with E-state index in [1.165, 1.54) is 6.33 Å². The van der Waals surface area contributed by atoms with E-state index >= 15 is 0 Å². The third-order valence-electron chi connectivity index (χ3n) is 3.72. The fourth-order valence-corrected chi connectivity index (χ4v) is 3.16. The number of rotatable bonds is 7. The zero-order valence-corrected chi connectivity index (χ0v) is 15.3. The van der Waals surface area contributed by atoms with E-state index in [-0.39, 0.29) is 0 Å². The van der Waals surface area contributed by atoms with Crippen LogP contribution in [0, 0.1) is 6.92 Å². The van der Waals surface area contributed by atoms with Gasteiger partial charge >= 0.3 is 0 Å². The molecular formula is C19H18Cl2N2O2. The van der Waals surface area contributed by atoms with Gasteiger partial charge in [-0.1, -0.05) is 35.3 Å². The second-order valence-corrected chi connectivity index (χ2v) is 6.48. The highest BCUT2D eigenvalue weighted by molar-refractivity contribution is 6.35. The van der Waals surface area contributed by atoms with E-state index in [9.17, 15) is 0 Å². The van der Waals surface area contributed by atoms with E-state index in [4.69, 9.17) is 32.7 Å². The van der Waals surface area contributed by atoms with Gasteiger partial charge in [0.1, 0.15) is 12.1 Å². The van der Waals surface area contributed by atoms with Crippen LogP contribution in [0.25, 0.3) is 10.9 Å². The molecule has 130 valence electrons. The van der Waals surface area contributed by atoms with Crippen molar-refractivity contribution in [1.29, 1.82) is 0 Å². The Hall–Kier alpha value is -2.04. The Morgan fingerprint density at radius 1 is 0.960 bits per heavy atom. The minimum Gasteiger partial charge on any atom is -0.492 e. The van der Waals surface area contributed by atoms with Crippen molar-refractivity contribution in [3.63, 3.8) is 0 Å². The molecule has 2 aromatic carbocycles. The molecule has 0 aliphatic rings. The number of fused-ring (bicyclic) bond motifs is 1. The highest BCUT2D eigenvalue weighted by Gasteiger charge is 2.07. The van der Waals surface area contributed by atoms with Crippen LogP contribution < -0.4 is 9.47 Å². The van der Waals surface area contributed by atoms with Crippen LogP contribution in [0.1, 0.15) is 18.4 Å². The number of aryl methyl sites for hydroxylation is 1. The molecule has 0 saturated carbocycles. The molecule has 25 heavy (non-hydrogen) atoms. The van der Waals surface area contributed by atoms with E-state index in [1.807, 2.05) is 37.3 Å². The van der Waals surface area contributed by atoms with Crippen molar-refractivity contribution in [3.05, 3.63) is 58.3 Å². The van der Waals surface area contributed by atoms with Crippen molar-refractivity contribution in [3.8, 4) is 11.6 Å². The van der Waals surface area contributed by atoms with Crippen molar-refractivity contribution in [2.45, 2.75) is 19.8 Å². The highest BCUT2D eigenvalue weighted by Crippen LogP contribution is 2.31.